The summed E-state index contributed by atoms with van der Waals surface area (Å²) in [6.07, 6.45) is 3.78. The Hall–Kier alpha value is -2.17. The molecule has 1 saturated heterocycles. The second kappa shape index (κ2) is 7.73. The van der Waals surface area contributed by atoms with E-state index in [-0.39, 0.29) is 23.7 Å². The fourth-order valence-electron chi connectivity index (χ4n) is 2.53. The lowest BCUT2D eigenvalue weighted by atomic mass is 10.1. The molecule has 2 rings (SSSR count). The van der Waals surface area contributed by atoms with Gasteiger partial charge >= 0.3 is 0 Å². The van der Waals surface area contributed by atoms with Crippen LogP contribution in [0.1, 0.15) is 24.8 Å². The number of nitrogens with one attached hydrogen (secondary N) is 1. The highest BCUT2D eigenvalue weighted by Gasteiger charge is 2.29. The molecule has 22 heavy (non-hydrogen) atoms. The largest absolute Gasteiger partial charge is 0.351 e. The predicted octanol–water partition coefficient (Wildman–Crippen LogP) is 2.05. The quantitative estimate of drug-likeness (QED) is 0.784. The molecule has 4 nitrogen and oxygen atoms in total. The summed E-state index contributed by atoms with van der Waals surface area (Å²) in [6, 6.07) is 6.18. The van der Waals surface area contributed by atoms with Gasteiger partial charge in [0.2, 0.25) is 11.8 Å². The zero-order valence-corrected chi connectivity index (χ0v) is 12.6. The Bertz CT molecular complexity index is 542. The van der Waals surface area contributed by atoms with Crippen LogP contribution in [0.3, 0.4) is 0 Å². The summed E-state index contributed by atoms with van der Waals surface area (Å²) in [7, 11) is 0. The van der Waals surface area contributed by atoms with Gasteiger partial charge in [-0.3, -0.25) is 9.59 Å². The maximum absolute atomic E-state index is 12.8. The molecule has 0 spiro atoms. The Balaban J connectivity index is 1.78. The topological polar surface area (TPSA) is 49.4 Å². The first-order valence-electron chi connectivity index (χ1n) is 7.51. The van der Waals surface area contributed by atoms with Gasteiger partial charge in [0.1, 0.15) is 5.82 Å². The molecule has 0 aromatic heterocycles. The minimum absolute atomic E-state index is 0.0434. The van der Waals surface area contributed by atoms with Gasteiger partial charge in [0.15, 0.2) is 0 Å². The van der Waals surface area contributed by atoms with E-state index >= 15 is 0 Å². The number of carbonyl (C=O) groups is 2. The molecule has 1 aliphatic rings. The number of allylic oxidation sites excluding steroid dienone is 1. The second-order valence-electron chi connectivity index (χ2n) is 5.51. The lowest BCUT2D eigenvalue weighted by Crippen LogP contribution is -2.37. The van der Waals surface area contributed by atoms with Crippen LogP contribution in [0.25, 0.3) is 0 Å². The van der Waals surface area contributed by atoms with Crippen LogP contribution in [-0.2, 0) is 16.0 Å². The molecule has 118 valence electrons. The number of nitrogens with zero attached hydrogens (tertiary/aromatic N) is 1. The van der Waals surface area contributed by atoms with Crippen molar-refractivity contribution in [2.24, 2.45) is 0 Å². The summed E-state index contributed by atoms with van der Waals surface area (Å²) in [5, 5.41) is 2.88. The molecule has 0 radical (unpaired) electrons. The third kappa shape index (κ3) is 4.69. The molecule has 0 aliphatic carbocycles. The Morgan fingerprint density at radius 1 is 1.41 bits per heavy atom. The lowest BCUT2D eigenvalue weighted by molar-refractivity contribution is -0.127. The molecular formula is C17H21FN2O2. The fraction of sp³-hybridized carbons (Fsp3) is 0.412. The van der Waals surface area contributed by atoms with Crippen molar-refractivity contribution in [2.45, 2.75) is 31.7 Å². The summed E-state index contributed by atoms with van der Waals surface area (Å²) >= 11 is 0. The van der Waals surface area contributed by atoms with Gasteiger partial charge in [-0.05, 0) is 30.5 Å². The minimum atomic E-state index is -0.261. The van der Waals surface area contributed by atoms with Crippen molar-refractivity contribution in [3.63, 3.8) is 0 Å². The van der Waals surface area contributed by atoms with E-state index in [0.29, 0.717) is 38.8 Å². The van der Waals surface area contributed by atoms with E-state index in [2.05, 4.69) is 11.9 Å². The van der Waals surface area contributed by atoms with Crippen molar-refractivity contribution < 1.29 is 14.0 Å². The molecule has 1 atom stereocenters. The molecule has 5 heteroatoms. The second-order valence-corrected chi connectivity index (χ2v) is 5.51. The maximum Gasteiger partial charge on any atom is 0.224 e. The van der Waals surface area contributed by atoms with Crippen molar-refractivity contribution in [2.75, 3.05) is 13.1 Å². The van der Waals surface area contributed by atoms with E-state index in [1.54, 1.807) is 23.1 Å². The van der Waals surface area contributed by atoms with Crippen LogP contribution in [0.15, 0.2) is 36.9 Å². The highest BCUT2D eigenvalue weighted by atomic mass is 19.1. The SMILES string of the molecule is C=CCCC(=O)N[C@H]1CC(=O)N(CCc2ccc(F)cc2)C1. The van der Waals surface area contributed by atoms with E-state index in [1.807, 2.05) is 0 Å². The number of hydrogen-bond donors (Lipinski definition) is 1. The number of likely N-dealkylation sites (tertiary alicyclic amines) is 1. The maximum atomic E-state index is 12.8. The monoisotopic (exact) mass is 304 g/mol. The van der Waals surface area contributed by atoms with Crippen molar-refractivity contribution >= 4 is 11.8 Å². The Kier molecular flexibility index (Phi) is 5.69. The molecule has 1 aromatic rings. The van der Waals surface area contributed by atoms with Gasteiger partial charge in [0.05, 0.1) is 6.04 Å². The Morgan fingerprint density at radius 3 is 2.82 bits per heavy atom. The summed E-state index contributed by atoms with van der Waals surface area (Å²) in [6.45, 7) is 4.71. The van der Waals surface area contributed by atoms with Gasteiger partial charge < -0.3 is 10.2 Å². The normalized spacial score (nSPS) is 17.6. The summed E-state index contributed by atoms with van der Waals surface area (Å²) < 4.78 is 12.8. The Labute approximate surface area is 130 Å². The number of amides is 2. The van der Waals surface area contributed by atoms with Crippen molar-refractivity contribution in [3.8, 4) is 0 Å². The van der Waals surface area contributed by atoms with Crippen LogP contribution >= 0.6 is 0 Å². The van der Waals surface area contributed by atoms with E-state index in [0.717, 1.165) is 5.56 Å². The average molecular weight is 304 g/mol. The molecule has 1 heterocycles. The summed E-state index contributed by atoms with van der Waals surface area (Å²) in [5.41, 5.74) is 0.993. The van der Waals surface area contributed by atoms with Gasteiger partial charge in [-0.2, -0.15) is 0 Å². The highest BCUT2D eigenvalue weighted by molar-refractivity contribution is 5.82. The number of hydrogen-bond acceptors (Lipinski definition) is 2. The zero-order chi connectivity index (χ0) is 15.9. The van der Waals surface area contributed by atoms with Gasteiger partial charge in [-0.15, -0.1) is 6.58 Å². The lowest BCUT2D eigenvalue weighted by Gasteiger charge is -2.17. The standard InChI is InChI=1S/C17H21FN2O2/c1-2-3-4-16(21)19-15-11-17(22)20(12-15)10-9-13-5-7-14(18)8-6-13/h2,5-8,15H,1,3-4,9-12H2,(H,19,21)/t15-/m0/s1. The van der Waals surface area contributed by atoms with Gasteiger partial charge in [-0.25, -0.2) is 4.39 Å². The molecule has 1 fully saturated rings. The van der Waals surface area contributed by atoms with Crippen LogP contribution in [0.5, 0.6) is 0 Å². The number of halogens is 1. The first kappa shape index (κ1) is 16.2. The third-order valence-electron chi connectivity index (χ3n) is 3.74. The van der Waals surface area contributed by atoms with Gasteiger partial charge in [0.25, 0.3) is 0 Å². The molecule has 0 saturated carbocycles. The minimum Gasteiger partial charge on any atom is -0.351 e. The van der Waals surface area contributed by atoms with E-state index in [1.165, 1.54) is 12.1 Å². The summed E-state index contributed by atoms with van der Waals surface area (Å²) in [4.78, 5) is 25.4. The third-order valence-corrected chi connectivity index (χ3v) is 3.74. The molecule has 2 amide bonds. The van der Waals surface area contributed by atoms with Crippen LogP contribution < -0.4 is 5.32 Å². The molecule has 0 unspecified atom stereocenters. The van der Waals surface area contributed by atoms with Gasteiger partial charge in [-0.1, -0.05) is 18.2 Å². The molecule has 1 aromatic carbocycles. The van der Waals surface area contributed by atoms with Crippen molar-refractivity contribution in [1.82, 2.24) is 10.2 Å². The first-order chi connectivity index (χ1) is 10.6. The molecule has 1 aliphatic heterocycles. The summed E-state index contributed by atoms with van der Waals surface area (Å²) in [5.74, 6) is -0.252. The van der Waals surface area contributed by atoms with E-state index in [9.17, 15) is 14.0 Å². The number of benzene rings is 1. The van der Waals surface area contributed by atoms with Crippen LogP contribution in [0.2, 0.25) is 0 Å². The van der Waals surface area contributed by atoms with Crippen LogP contribution in [0, 0.1) is 5.82 Å². The van der Waals surface area contributed by atoms with Crippen LogP contribution in [-0.4, -0.2) is 35.8 Å². The zero-order valence-electron chi connectivity index (χ0n) is 12.6. The van der Waals surface area contributed by atoms with Crippen molar-refractivity contribution in [1.29, 1.82) is 0 Å². The number of rotatable bonds is 7. The Morgan fingerprint density at radius 2 is 2.14 bits per heavy atom. The van der Waals surface area contributed by atoms with Crippen molar-refractivity contribution in [3.05, 3.63) is 48.3 Å². The predicted molar refractivity (Wildman–Crippen MR) is 82.7 cm³/mol. The number of carbonyl (C=O) groups excluding carboxylic acids is 2. The van der Waals surface area contributed by atoms with Gasteiger partial charge in [0, 0.05) is 25.9 Å². The van der Waals surface area contributed by atoms with Crippen LogP contribution in [0.4, 0.5) is 4.39 Å². The smallest absolute Gasteiger partial charge is 0.224 e. The first-order valence-corrected chi connectivity index (χ1v) is 7.51. The molecule has 1 N–H and O–H groups in total. The highest BCUT2D eigenvalue weighted by Crippen LogP contribution is 2.13. The average Bonchev–Trinajstić information content (AvgIpc) is 2.84. The molecular weight excluding hydrogens is 283 g/mol. The van der Waals surface area contributed by atoms with E-state index < -0.39 is 0 Å². The molecule has 0 bridgehead atoms. The fourth-order valence-corrected chi connectivity index (χ4v) is 2.53. The van der Waals surface area contributed by atoms with E-state index in [4.69, 9.17) is 0 Å².